The molecule has 0 radical (unpaired) electrons. The Morgan fingerprint density at radius 3 is 2.40 bits per heavy atom. The maximum Gasteiger partial charge on any atom is 0.124 e. The number of rotatable bonds is 4. The molecule has 1 unspecified atom stereocenters. The molecule has 0 saturated carbocycles. The Hall–Kier alpha value is -1.26. The minimum atomic E-state index is -0.274. The molecule has 1 nitrogen and oxygen atoms in total. The van der Waals surface area contributed by atoms with Crippen molar-refractivity contribution < 1.29 is 8.78 Å². The van der Waals surface area contributed by atoms with E-state index in [2.05, 4.69) is 21.2 Å². The van der Waals surface area contributed by atoms with Gasteiger partial charge in [0.15, 0.2) is 0 Å². The van der Waals surface area contributed by atoms with Gasteiger partial charge < -0.3 is 5.32 Å². The van der Waals surface area contributed by atoms with E-state index in [4.69, 9.17) is 0 Å². The molecular weight excluding hydrogens is 324 g/mol. The number of likely N-dealkylation sites (N-methyl/N-ethyl adjacent to an activating group) is 1. The molecule has 0 aliphatic rings. The Kier molecular flexibility index (Phi) is 4.89. The first kappa shape index (κ1) is 15.1. The number of hydrogen-bond acceptors (Lipinski definition) is 1. The molecule has 106 valence electrons. The molecule has 0 bridgehead atoms. The average molecular weight is 340 g/mol. The molecule has 4 heteroatoms. The van der Waals surface area contributed by atoms with Crippen LogP contribution in [0.25, 0.3) is 0 Å². The second kappa shape index (κ2) is 6.46. The van der Waals surface area contributed by atoms with Gasteiger partial charge in [-0.15, -0.1) is 0 Å². The third-order valence-electron chi connectivity index (χ3n) is 3.40. The number of aryl methyl sites for hydroxylation is 1. The van der Waals surface area contributed by atoms with Crippen molar-refractivity contribution in [3.63, 3.8) is 0 Å². The number of benzene rings is 2. The van der Waals surface area contributed by atoms with Crippen molar-refractivity contribution in [2.24, 2.45) is 0 Å². The fourth-order valence-corrected chi connectivity index (χ4v) is 2.77. The Morgan fingerprint density at radius 2 is 1.75 bits per heavy atom. The zero-order chi connectivity index (χ0) is 14.7. The lowest BCUT2D eigenvalue weighted by atomic mass is 9.95. The summed E-state index contributed by atoms with van der Waals surface area (Å²) in [6.07, 6.45) is 0.654. The molecule has 0 spiro atoms. The number of nitrogens with one attached hydrogen (secondary N) is 1. The van der Waals surface area contributed by atoms with Crippen LogP contribution in [-0.2, 0) is 6.42 Å². The van der Waals surface area contributed by atoms with Crippen LogP contribution in [0.4, 0.5) is 8.78 Å². The summed E-state index contributed by atoms with van der Waals surface area (Å²) in [5, 5.41) is 3.20. The summed E-state index contributed by atoms with van der Waals surface area (Å²) in [4.78, 5) is 0. The maximum atomic E-state index is 13.4. The molecule has 0 aliphatic carbocycles. The standard InChI is InChI=1S/C16H16BrF2N/c1-10-3-5-12(18)8-14(10)16(20-2)7-11-4-6-13(19)9-15(11)17/h3-6,8-9,16,20H,7H2,1-2H3. The summed E-state index contributed by atoms with van der Waals surface area (Å²) in [5.74, 6) is -0.521. The van der Waals surface area contributed by atoms with Crippen LogP contribution in [0.1, 0.15) is 22.7 Å². The van der Waals surface area contributed by atoms with E-state index >= 15 is 0 Å². The van der Waals surface area contributed by atoms with E-state index in [0.29, 0.717) is 6.42 Å². The molecule has 0 saturated heterocycles. The van der Waals surface area contributed by atoms with Gasteiger partial charge in [0.25, 0.3) is 0 Å². The van der Waals surface area contributed by atoms with Crippen LogP contribution in [-0.4, -0.2) is 7.05 Å². The van der Waals surface area contributed by atoms with Gasteiger partial charge in [0, 0.05) is 10.5 Å². The lowest BCUT2D eigenvalue weighted by Gasteiger charge is -2.20. The van der Waals surface area contributed by atoms with E-state index in [1.807, 2.05) is 14.0 Å². The normalized spacial score (nSPS) is 12.4. The van der Waals surface area contributed by atoms with Crippen LogP contribution in [0.2, 0.25) is 0 Å². The molecule has 0 aromatic heterocycles. The Morgan fingerprint density at radius 1 is 1.10 bits per heavy atom. The molecular formula is C16H16BrF2N. The van der Waals surface area contributed by atoms with Crippen LogP contribution in [0, 0.1) is 18.6 Å². The van der Waals surface area contributed by atoms with E-state index in [0.717, 1.165) is 21.2 Å². The minimum absolute atomic E-state index is 0.0209. The van der Waals surface area contributed by atoms with Crippen molar-refractivity contribution in [3.8, 4) is 0 Å². The Balaban J connectivity index is 2.31. The SMILES string of the molecule is CNC(Cc1ccc(F)cc1Br)c1cc(F)ccc1C. The van der Waals surface area contributed by atoms with Crippen LogP contribution in [0.15, 0.2) is 40.9 Å². The summed E-state index contributed by atoms with van der Waals surface area (Å²) in [6, 6.07) is 9.39. The highest BCUT2D eigenvalue weighted by atomic mass is 79.9. The van der Waals surface area contributed by atoms with E-state index in [9.17, 15) is 8.78 Å². The zero-order valence-corrected chi connectivity index (χ0v) is 13.0. The number of halogens is 3. The second-order valence-corrected chi connectivity index (χ2v) is 5.64. The van der Waals surface area contributed by atoms with Crippen molar-refractivity contribution in [1.82, 2.24) is 5.32 Å². The minimum Gasteiger partial charge on any atom is -0.313 e. The molecule has 2 aromatic carbocycles. The largest absolute Gasteiger partial charge is 0.313 e. The average Bonchev–Trinajstić information content (AvgIpc) is 2.41. The first-order valence-electron chi connectivity index (χ1n) is 6.38. The topological polar surface area (TPSA) is 12.0 Å². The van der Waals surface area contributed by atoms with E-state index in [1.54, 1.807) is 18.2 Å². The monoisotopic (exact) mass is 339 g/mol. The van der Waals surface area contributed by atoms with Gasteiger partial charge in [-0.3, -0.25) is 0 Å². The van der Waals surface area contributed by atoms with Crippen LogP contribution in [0.5, 0.6) is 0 Å². The van der Waals surface area contributed by atoms with Crippen molar-refractivity contribution in [3.05, 3.63) is 69.2 Å². The highest BCUT2D eigenvalue weighted by molar-refractivity contribution is 9.10. The van der Waals surface area contributed by atoms with Gasteiger partial charge in [-0.1, -0.05) is 28.1 Å². The zero-order valence-electron chi connectivity index (χ0n) is 11.4. The van der Waals surface area contributed by atoms with Crippen molar-refractivity contribution in [2.75, 3.05) is 7.05 Å². The van der Waals surface area contributed by atoms with Gasteiger partial charge in [0.1, 0.15) is 11.6 Å². The molecule has 2 aromatic rings. The van der Waals surface area contributed by atoms with Gasteiger partial charge >= 0.3 is 0 Å². The van der Waals surface area contributed by atoms with Crippen LogP contribution >= 0.6 is 15.9 Å². The van der Waals surface area contributed by atoms with Gasteiger partial charge in [-0.2, -0.15) is 0 Å². The molecule has 1 atom stereocenters. The third-order valence-corrected chi connectivity index (χ3v) is 4.14. The summed E-state index contributed by atoms with van der Waals surface area (Å²) in [6.45, 7) is 1.96. The highest BCUT2D eigenvalue weighted by Crippen LogP contribution is 2.26. The molecule has 20 heavy (non-hydrogen) atoms. The quantitative estimate of drug-likeness (QED) is 0.862. The Bertz CT molecular complexity index is 613. The molecule has 0 heterocycles. The van der Waals surface area contributed by atoms with E-state index < -0.39 is 0 Å². The first-order chi connectivity index (χ1) is 9.51. The number of hydrogen-bond donors (Lipinski definition) is 1. The molecule has 0 amide bonds. The maximum absolute atomic E-state index is 13.4. The first-order valence-corrected chi connectivity index (χ1v) is 7.18. The van der Waals surface area contributed by atoms with Gasteiger partial charge in [0.2, 0.25) is 0 Å². The third kappa shape index (κ3) is 3.44. The van der Waals surface area contributed by atoms with Gasteiger partial charge in [-0.05, 0) is 61.3 Å². The van der Waals surface area contributed by atoms with Crippen molar-refractivity contribution in [2.45, 2.75) is 19.4 Å². The van der Waals surface area contributed by atoms with E-state index in [1.165, 1.54) is 18.2 Å². The van der Waals surface area contributed by atoms with Gasteiger partial charge in [-0.25, -0.2) is 8.78 Å². The smallest absolute Gasteiger partial charge is 0.124 e. The molecule has 0 aliphatic heterocycles. The van der Waals surface area contributed by atoms with Crippen LogP contribution < -0.4 is 5.32 Å². The summed E-state index contributed by atoms with van der Waals surface area (Å²) >= 11 is 3.37. The molecule has 1 N–H and O–H groups in total. The molecule has 0 fully saturated rings. The Labute approximate surface area is 126 Å². The summed E-state index contributed by atoms with van der Waals surface area (Å²) < 4.78 is 27.3. The van der Waals surface area contributed by atoms with Crippen LogP contribution in [0.3, 0.4) is 0 Å². The summed E-state index contributed by atoms with van der Waals surface area (Å²) in [5.41, 5.74) is 2.93. The van der Waals surface area contributed by atoms with Crippen molar-refractivity contribution in [1.29, 1.82) is 0 Å². The predicted octanol–water partition coefficient (Wildman–Crippen LogP) is 4.54. The fourth-order valence-electron chi connectivity index (χ4n) is 2.26. The van der Waals surface area contributed by atoms with Crippen molar-refractivity contribution >= 4 is 15.9 Å². The lowest BCUT2D eigenvalue weighted by molar-refractivity contribution is 0.571. The molecule has 2 rings (SSSR count). The second-order valence-electron chi connectivity index (χ2n) is 4.78. The highest BCUT2D eigenvalue weighted by Gasteiger charge is 2.15. The van der Waals surface area contributed by atoms with Gasteiger partial charge in [0.05, 0.1) is 0 Å². The predicted molar refractivity (Wildman–Crippen MR) is 80.7 cm³/mol. The van der Waals surface area contributed by atoms with E-state index in [-0.39, 0.29) is 17.7 Å². The fraction of sp³-hybridized carbons (Fsp3) is 0.250. The lowest BCUT2D eigenvalue weighted by Crippen LogP contribution is -2.20. The summed E-state index contributed by atoms with van der Waals surface area (Å²) in [7, 11) is 1.84.